The molecule has 0 unspecified atom stereocenters. The Hall–Kier alpha value is -3.38. The zero-order valence-corrected chi connectivity index (χ0v) is 14.7. The fourth-order valence-corrected chi connectivity index (χ4v) is 3.73. The van der Waals surface area contributed by atoms with Gasteiger partial charge >= 0.3 is 0 Å². The minimum atomic E-state index is 1.13. The highest BCUT2D eigenvalue weighted by molar-refractivity contribution is 6.11. The molecule has 0 aliphatic carbocycles. The summed E-state index contributed by atoms with van der Waals surface area (Å²) in [7, 11) is 0. The molecule has 0 aliphatic rings. The molecule has 4 aromatic carbocycles. The van der Waals surface area contributed by atoms with Crippen LogP contribution >= 0.6 is 0 Å². The van der Waals surface area contributed by atoms with Gasteiger partial charge in [0.1, 0.15) is 0 Å². The summed E-state index contributed by atoms with van der Waals surface area (Å²) in [6, 6.07) is 29.6. The van der Waals surface area contributed by atoms with Crippen molar-refractivity contribution in [3.8, 4) is 22.3 Å². The summed E-state index contributed by atoms with van der Waals surface area (Å²) >= 11 is 0. The van der Waals surface area contributed by atoms with Gasteiger partial charge in [0.05, 0.1) is 0 Å². The molecular formula is C26H20. The zero-order chi connectivity index (χ0) is 17.9. The number of hydrogen-bond acceptors (Lipinski definition) is 0. The fraction of sp³-hybridized carbons (Fsp3) is 0. The maximum Gasteiger partial charge on any atom is -0.00266 e. The van der Waals surface area contributed by atoms with Gasteiger partial charge in [-0.25, -0.2) is 0 Å². The molecule has 0 heterocycles. The Kier molecular flexibility index (Phi) is 4.25. The van der Waals surface area contributed by atoms with E-state index in [0.29, 0.717) is 0 Å². The van der Waals surface area contributed by atoms with E-state index < -0.39 is 0 Å². The van der Waals surface area contributed by atoms with Crippen molar-refractivity contribution < 1.29 is 0 Å². The Morgan fingerprint density at radius 1 is 0.462 bits per heavy atom. The molecule has 0 aliphatic heterocycles. The monoisotopic (exact) mass is 332 g/mol. The molecular weight excluding hydrogens is 312 g/mol. The molecule has 0 aromatic heterocycles. The Morgan fingerprint density at radius 2 is 0.808 bits per heavy atom. The van der Waals surface area contributed by atoms with E-state index in [9.17, 15) is 0 Å². The van der Waals surface area contributed by atoms with E-state index in [0.717, 1.165) is 11.1 Å². The fourth-order valence-electron chi connectivity index (χ4n) is 3.73. The largest absolute Gasteiger partial charge is 0.0984 e. The van der Waals surface area contributed by atoms with Crippen LogP contribution in [0.4, 0.5) is 0 Å². The molecule has 0 nitrogen and oxygen atoms in total. The highest BCUT2D eigenvalue weighted by Gasteiger charge is 2.17. The van der Waals surface area contributed by atoms with Crippen molar-refractivity contribution in [3.05, 3.63) is 109 Å². The summed E-state index contributed by atoms with van der Waals surface area (Å²) in [5.41, 5.74) is 7.08. The van der Waals surface area contributed by atoms with E-state index in [-0.39, 0.29) is 0 Å². The molecule has 0 radical (unpaired) electrons. The van der Waals surface area contributed by atoms with Crippen LogP contribution in [-0.2, 0) is 0 Å². The molecule has 0 saturated heterocycles. The average Bonchev–Trinajstić information content (AvgIpc) is 2.73. The van der Waals surface area contributed by atoms with Gasteiger partial charge in [0.15, 0.2) is 0 Å². The van der Waals surface area contributed by atoms with Crippen molar-refractivity contribution in [3.63, 3.8) is 0 Å². The summed E-state index contributed by atoms with van der Waals surface area (Å²) in [6.07, 6.45) is 3.91. The van der Waals surface area contributed by atoms with Crippen LogP contribution in [0.3, 0.4) is 0 Å². The quantitative estimate of drug-likeness (QED) is 0.364. The minimum absolute atomic E-state index is 1.13. The summed E-state index contributed by atoms with van der Waals surface area (Å²) in [4.78, 5) is 0. The highest BCUT2D eigenvalue weighted by Crippen LogP contribution is 2.42. The smallest absolute Gasteiger partial charge is 0.00266 e. The van der Waals surface area contributed by atoms with Gasteiger partial charge in [0, 0.05) is 0 Å². The van der Waals surface area contributed by atoms with Crippen LogP contribution < -0.4 is 0 Å². The topological polar surface area (TPSA) is 0 Å². The third-order valence-electron chi connectivity index (χ3n) is 4.83. The van der Waals surface area contributed by atoms with Crippen molar-refractivity contribution in [2.75, 3.05) is 0 Å². The van der Waals surface area contributed by atoms with Crippen molar-refractivity contribution in [2.45, 2.75) is 0 Å². The second kappa shape index (κ2) is 6.85. The second-order valence-corrected chi connectivity index (χ2v) is 6.26. The summed E-state index contributed by atoms with van der Waals surface area (Å²) in [5, 5.41) is 2.47. The highest BCUT2D eigenvalue weighted by atomic mass is 14.2. The maximum atomic E-state index is 4.12. The van der Waals surface area contributed by atoms with Gasteiger partial charge in [0.25, 0.3) is 0 Å². The Bertz CT molecular complexity index is 997. The maximum absolute atomic E-state index is 4.12. The summed E-state index contributed by atoms with van der Waals surface area (Å²) in [5.74, 6) is 0. The molecule has 0 saturated carbocycles. The van der Waals surface area contributed by atoms with Gasteiger partial charge < -0.3 is 0 Å². The van der Waals surface area contributed by atoms with Gasteiger partial charge in [-0.05, 0) is 44.2 Å². The normalized spacial score (nSPS) is 10.6. The first-order valence-corrected chi connectivity index (χ1v) is 8.79. The van der Waals surface area contributed by atoms with Gasteiger partial charge in [-0.1, -0.05) is 110 Å². The lowest BCUT2D eigenvalue weighted by Crippen LogP contribution is -1.95. The number of fused-ring (bicyclic) bond motifs is 1. The Labute approximate surface area is 154 Å². The molecule has 0 N–H and O–H groups in total. The molecule has 4 aromatic rings. The first kappa shape index (κ1) is 16.1. The van der Waals surface area contributed by atoms with Crippen LogP contribution in [-0.4, -0.2) is 0 Å². The predicted molar refractivity (Wildman–Crippen MR) is 115 cm³/mol. The average molecular weight is 332 g/mol. The third kappa shape index (κ3) is 2.57. The van der Waals surface area contributed by atoms with Crippen LogP contribution in [0, 0.1) is 0 Å². The number of benzene rings is 4. The summed E-state index contributed by atoms with van der Waals surface area (Å²) < 4.78 is 0. The molecule has 4 rings (SSSR count). The van der Waals surface area contributed by atoms with E-state index in [2.05, 4.69) is 86.0 Å². The van der Waals surface area contributed by atoms with Crippen LogP contribution in [0.15, 0.2) is 98.1 Å². The van der Waals surface area contributed by atoms with E-state index in [1.165, 1.54) is 33.0 Å². The molecule has 0 fully saturated rings. The van der Waals surface area contributed by atoms with E-state index >= 15 is 0 Å². The Balaban J connectivity index is 2.22. The second-order valence-electron chi connectivity index (χ2n) is 6.26. The first-order chi connectivity index (χ1) is 12.8. The van der Waals surface area contributed by atoms with Gasteiger partial charge in [-0.2, -0.15) is 0 Å². The minimum Gasteiger partial charge on any atom is -0.0984 e. The van der Waals surface area contributed by atoms with Gasteiger partial charge in [-0.15, -0.1) is 0 Å². The molecule has 0 heteroatoms. The molecule has 124 valence electrons. The lowest BCUT2D eigenvalue weighted by molar-refractivity contribution is 1.58. The van der Waals surface area contributed by atoms with E-state index in [1.54, 1.807) is 0 Å². The van der Waals surface area contributed by atoms with Gasteiger partial charge in [-0.3, -0.25) is 0 Å². The standard InChI is InChI=1S/C26H20/c1-3-21-22(4-2)26(20-15-9-6-10-16-20)24-18-12-11-17-23(24)25(21)19-13-7-5-8-14-19/h3-18H,1-2H2. The number of hydrogen-bond donors (Lipinski definition) is 0. The zero-order valence-electron chi connectivity index (χ0n) is 14.7. The van der Waals surface area contributed by atoms with Crippen molar-refractivity contribution in [1.29, 1.82) is 0 Å². The van der Waals surface area contributed by atoms with E-state index in [4.69, 9.17) is 0 Å². The molecule has 0 atom stereocenters. The SMILES string of the molecule is C=Cc1c(C=C)c(-c2ccccc2)c2ccccc2c1-c1ccccc1. The van der Waals surface area contributed by atoms with Gasteiger partial charge in [0.2, 0.25) is 0 Å². The molecule has 0 spiro atoms. The lowest BCUT2D eigenvalue weighted by atomic mass is 9.83. The van der Waals surface area contributed by atoms with Crippen LogP contribution in [0.5, 0.6) is 0 Å². The first-order valence-electron chi connectivity index (χ1n) is 8.79. The van der Waals surface area contributed by atoms with Crippen LogP contribution in [0.2, 0.25) is 0 Å². The van der Waals surface area contributed by atoms with Crippen molar-refractivity contribution in [2.24, 2.45) is 0 Å². The van der Waals surface area contributed by atoms with Crippen LogP contribution in [0.1, 0.15) is 11.1 Å². The Morgan fingerprint density at radius 3 is 1.15 bits per heavy atom. The van der Waals surface area contributed by atoms with E-state index in [1.807, 2.05) is 24.3 Å². The molecule has 0 bridgehead atoms. The third-order valence-corrected chi connectivity index (χ3v) is 4.83. The molecule has 0 amide bonds. The number of rotatable bonds is 4. The summed E-state index contributed by atoms with van der Waals surface area (Å²) in [6.45, 7) is 8.24. The van der Waals surface area contributed by atoms with Crippen LogP contribution in [0.25, 0.3) is 45.2 Å². The predicted octanol–water partition coefficient (Wildman–Crippen LogP) is 7.46. The van der Waals surface area contributed by atoms with Crippen molar-refractivity contribution in [1.82, 2.24) is 0 Å². The lowest BCUT2D eigenvalue weighted by Gasteiger charge is -2.20. The molecule has 26 heavy (non-hydrogen) atoms. The van der Waals surface area contributed by atoms with Crippen molar-refractivity contribution >= 4 is 22.9 Å².